The van der Waals surface area contributed by atoms with Gasteiger partial charge in [0.05, 0.1) is 0 Å². The molecule has 0 unspecified atom stereocenters. The van der Waals surface area contributed by atoms with E-state index in [-0.39, 0.29) is 11.8 Å². The van der Waals surface area contributed by atoms with Crippen molar-refractivity contribution in [2.45, 2.75) is 6.92 Å². The van der Waals surface area contributed by atoms with Crippen LogP contribution in [0.25, 0.3) is 5.70 Å². The van der Waals surface area contributed by atoms with Gasteiger partial charge in [0.25, 0.3) is 0 Å². The van der Waals surface area contributed by atoms with Crippen molar-refractivity contribution in [3.63, 3.8) is 0 Å². The molecule has 0 bridgehead atoms. The Hall–Kier alpha value is -1.54. The quantitative estimate of drug-likeness (QED) is 0.579. The van der Waals surface area contributed by atoms with E-state index < -0.39 is 0 Å². The Morgan fingerprint density at radius 1 is 1.41 bits per heavy atom. The summed E-state index contributed by atoms with van der Waals surface area (Å²) in [6.07, 6.45) is 3.60. The van der Waals surface area contributed by atoms with Crippen molar-refractivity contribution in [3.05, 3.63) is 54.6 Å². The fraction of sp³-hybridized carbons (Fsp3) is 0.214. The van der Waals surface area contributed by atoms with Crippen LogP contribution in [0.4, 0.5) is 0 Å². The zero-order chi connectivity index (χ0) is 12.7. The van der Waals surface area contributed by atoms with E-state index in [0.717, 1.165) is 11.3 Å². The monoisotopic (exact) mass is 249 g/mol. The first-order valence-electron chi connectivity index (χ1n) is 5.43. The number of hydrogen-bond acceptors (Lipinski definition) is 1. The maximum Gasteiger partial charge on any atom is 0.242 e. The molecule has 17 heavy (non-hydrogen) atoms. The predicted octanol–water partition coefficient (Wildman–Crippen LogP) is 3.30. The minimum absolute atomic E-state index is 0.0297. The van der Waals surface area contributed by atoms with Crippen LogP contribution in [0.2, 0.25) is 0 Å². The van der Waals surface area contributed by atoms with Crippen molar-refractivity contribution in [1.82, 2.24) is 4.90 Å². The molecular weight excluding hydrogens is 234 g/mol. The van der Waals surface area contributed by atoms with Crippen molar-refractivity contribution >= 4 is 23.2 Å². The van der Waals surface area contributed by atoms with Crippen LogP contribution in [-0.4, -0.2) is 23.2 Å². The van der Waals surface area contributed by atoms with E-state index in [2.05, 4.69) is 6.58 Å². The van der Waals surface area contributed by atoms with Crippen LogP contribution in [0, 0.1) is 0 Å². The number of nitrogens with zero attached hydrogens (tertiary/aromatic N) is 1. The Bertz CT molecular complexity index is 411. The molecule has 90 valence electrons. The summed E-state index contributed by atoms with van der Waals surface area (Å²) in [6, 6.07) is 9.75. The molecule has 0 aliphatic carbocycles. The molecule has 1 amide bonds. The van der Waals surface area contributed by atoms with Crippen LogP contribution in [0.3, 0.4) is 0 Å². The molecule has 0 saturated carbocycles. The van der Waals surface area contributed by atoms with Gasteiger partial charge in [-0.25, -0.2) is 0 Å². The van der Waals surface area contributed by atoms with E-state index in [1.54, 1.807) is 11.0 Å². The summed E-state index contributed by atoms with van der Waals surface area (Å²) in [5.41, 5.74) is 1.85. The average Bonchev–Trinajstić information content (AvgIpc) is 2.39. The number of amides is 1. The number of carbonyl (C=O) groups is 1. The molecule has 0 atom stereocenters. The molecule has 0 spiro atoms. The van der Waals surface area contributed by atoms with E-state index in [1.165, 1.54) is 0 Å². The molecule has 1 rings (SSSR count). The van der Waals surface area contributed by atoms with Gasteiger partial charge in [-0.1, -0.05) is 42.5 Å². The van der Waals surface area contributed by atoms with E-state index in [1.807, 2.05) is 43.3 Å². The van der Waals surface area contributed by atoms with E-state index in [0.29, 0.717) is 6.54 Å². The molecule has 3 heteroatoms. The second-order valence-corrected chi connectivity index (χ2v) is 3.73. The van der Waals surface area contributed by atoms with Gasteiger partial charge < -0.3 is 4.90 Å². The summed E-state index contributed by atoms with van der Waals surface area (Å²) in [5.74, 6) is -0.151. The second-order valence-electron chi connectivity index (χ2n) is 3.47. The Morgan fingerprint density at radius 3 is 2.53 bits per heavy atom. The number of carbonyl (C=O) groups excluding carboxylic acids is 1. The minimum atomic E-state index is -0.122. The fourth-order valence-corrected chi connectivity index (χ4v) is 1.77. The van der Waals surface area contributed by atoms with Crippen LogP contribution < -0.4 is 0 Å². The smallest absolute Gasteiger partial charge is 0.242 e. The lowest BCUT2D eigenvalue weighted by Gasteiger charge is -2.23. The highest BCUT2D eigenvalue weighted by Gasteiger charge is 2.16. The highest BCUT2D eigenvalue weighted by Crippen LogP contribution is 2.19. The van der Waals surface area contributed by atoms with Gasteiger partial charge in [0.15, 0.2) is 0 Å². The van der Waals surface area contributed by atoms with Crippen LogP contribution >= 0.6 is 11.6 Å². The van der Waals surface area contributed by atoms with Gasteiger partial charge in [0, 0.05) is 12.2 Å². The molecule has 0 heterocycles. The van der Waals surface area contributed by atoms with Gasteiger partial charge in [-0.2, -0.15) is 0 Å². The van der Waals surface area contributed by atoms with Crippen LogP contribution in [-0.2, 0) is 4.79 Å². The Kier molecular flexibility index (Phi) is 5.50. The Balaban J connectivity index is 3.07. The molecule has 0 aromatic heterocycles. The summed E-state index contributed by atoms with van der Waals surface area (Å²) < 4.78 is 0. The first kappa shape index (κ1) is 13.5. The zero-order valence-electron chi connectivity index (χ0n) is 9.90. The van der Waals surface area contributed by atoms with Gasteiger partial charge in [-0.15, -0.1) is 18.2 Å². The van der Waals surface area contributed by atoms with E-state index in [9.17, 15) is 4.79 Å². The normalized spacial score (nSPS) is 11.1. The molecule has 0 aliphatic heterocycles. The number of rotatable bonds is 5. The van der Waals surface area contributed by atoms with Gasteiger partial charge in [0.1, 0.15) is 5.88 Å². The third-order valence-electron chi connectivity index (χ3n) is 2.36. The molecule has 0 fully saturated rings. The number of halogens is 1. The maximum absolute atomic E-state index is 11.8. The third kappa shape index (κ3) is 3.46. The van der Waals surface area contributed by atoms with Crippen molar-refractivity contribution in [3.8, 4) is 0 Å². The first-order valence-corrected chi connectivity index (χ1v) is 5.97. The molecule has 2 nitrogen and oxygen atoms in total. The highest BCUT2D eigenvalue weighted by atomic mass is 35.5. The molecule has 1 aromatic carbocycles. The summed E-state index contributed by atoms with van der Waals surface area (Å²) in [5, 5.41) is 0. The summed E-state index contributed by atoms with van der Waals surface area (Å²) in [7, 11) is 0. The standard InChI is InChI=1S/C14H16ClNO/c1-3-10-16(14(17)11-15)13(4-2)12-8-6-5-7-9-12/h3-9H,1,10-11H2,2H3/b13-4+. The lowest BCUT2D eigenvalue weighted by molar-refractivity contribution is -0.124. The van der Waals surface area contributed by atoms with Crippen molar-refractivity contribution < 1.29 is 4.79 Å². The first-order chi connectivity index (χ1) is 8.24. The van der Waals surface area contributed by atoms with Crippen LogP contribution in [0.5, 0.6) is 0 Å². The highest BCUT2D eigenvalue weighted by molar-refractivity contribution is 6.27. The second kappa shape index (κ2) is 6.92. The minimum Gasteiger partial charge on any atom is -0.307 e. The van der Waals surface area contributed by atoms with Gasteiger partial charge in [-0.05, 0) is 12.5 Å². The number of benzene rings is 1. The zero-order valence-corrected chi connectivity index (χ0v) is 10.7. The average molecular weight is 250 g/mol. The predicted molar refractivity (Wildman–Crippen MR) is 72.7 cm³/mol. The summed E-state index contributed by atoms with van der Waals surface area (Å²) in [4.78, 5) is 13.4. The molecule has 0 N–H and O–H groups in total. The van der Waals surface area contributed by atoms with Gasteiger partial charge in [-0.3, -0.25) is 4.79 Å². The molecular formula is C14H16ClNO. The van der Waals surface area contributed by atoms with Crippen LogP contribution in [0.1, 0.15) is 12.5 Å². The van der Waals surface area contributed by atoms with Gasteiger partial charge >= 0.3 is 0 Å². The largest absolute Gasteiger partial charge is 0.307 e. The topological polar surface area (TPSA) is 20.3 Å². The van der Waals surface area contributed by atoms with Crippen molar-refractivity contribution in [2.75, 3.05) is 12.4 Å². The summed E-state index contributed by atoms with van der Waals surface area (Å²) >= 11 is 5.62. The van der Waals surface area contributed by atoms with Crippen molar-refractivity contribution in [1.29, 1.82) is 0 Å². The van der Waals surface area contributed by atoms with Crippen LogP contribution in [0.15, 0.2) is 49.1 Å². The van der Waals surface area contributed by atoms with E-state index >= 15 is 0 Å². The molecule has 1 aromatic rings. The third-order valence-corrected chi connectivity index (χ3v) is 2.59. The number of allylic oxidation sites excluding steroid dienone is 1. The van der Waals surface area contributed by atoms with Crippen molar-refractivity contribution in [2.24, 2.45) is 0 Å². The number of alkyl halides is 1. The fourth-order valence-electron chi connectivity index (χ4n) is 1.62. The molecule has 0 aliphatic rings. The summed E-state index contributed by atoms with van der Waals surface area (Å²) in [6.45, 7) is 6.02. The maximum atomic E-state index is 11.8. The lowest BCUT2D eigenvalue weighted by Crippen LogP contribution is -2.30. The Labute approximate surface area is 107 Å². The lowest BCUT2D eigenvalue weighted by atomic mass is 10.1. The van der Waals surface area contributed by atoms with Gasteiger partial charge in [0.2, 0.25) is 5.91 Å². The SMILES string of the molecule is C=CCN(C(=O)CCl)/C(=C/C)c1ccccc1. The molecule has 0 saturated heterocycles. The van der Waals surface area contributed by atoms with E-state index in [4.69, 9.17) is 11.6 Å². The number of hydrogen-bond donors (Lipinski definition) is 0. The molecule has 0 radical (unpaired) electrons. The Morgan fingerprint density at radius 2 is 2.06 bits per heavy atom.